The fourth-order valence-corrected chi connectivity index (χ4v) is 5.05. The average molecular weight is 452 g/mol. The number of benzene rings is 2. The van der Waals surface area contributed by atoms with Crippen LogP contribution in [0.1, 0.15) is 24.2 Å². The maximum absolute atomic E-state index is 13.0. The molecule has 5 nitrogen and oxygen atoms in total. The van der Waals surface area contributed by atoms with Crippen molar-refractivity contribution >= 4 is 33.2 Å². The first-order valence-corrected chi connectivity index (χ1v) is 11.5. The Morgan fingerprint density at radius 1 is 1.13 bits per heavy atom. The second kappa shape index (κ2) is 8.46. The fraction of sp³-hybridized carbons (Fsp3) is 0.250. The van der Waals surface area contributed by atoms with Crippen molar-refractivity contribution in [2.45, 2.75) is 32.0 Å². The molecule has 1 fully saturated rings. The zero-order valence-electron chi connectivity index (χ0n) is 17.1. The third-order valence-corrected chi connectivity index (χ3v) is 6.82. The molecular weight excluding hydrogens is 430 g/mol. The number of thiophene rings is 1. The molecule has 1 saturated carbocycles. The lowest BCUT2D eigenvalue weighted by atomic mass is 10.1. The normalized spacial score (nSPS) is 13.8. The lowest BCUT2D eigenvalue weighted by molar-refractivity contribution is 0.239. The van der Waals surface area contributed by atoms with Gasteiger partial charge < -0.3 is 9.72 Å². The van der Waals surface area contributed by atoms with E-state index in [1.807, 2.05) is 41.8 Å². The van der Waals surface area contributed by atoms with Gasteiger partial charge in [0, 0.05) is 34.1 Å². The van der Waals surface area contributed by atoms with Crippen molar-refractivity contribution in [3.63, 3.8) is 0 Å². The minimum atomic E-state index is -0.114. The van der Waals surface area contributed by atoms with E-state index >= 15 is 0 Å². The Kier molecular flexibility index (Phi) is 5.52. The molecule has 0 radical (unpaired) electrons. The van der Waals surface area contributed by atoms with Crippen molar-refractivity contribution in [2.75, 3.05) is 7.11 Å². The third kappa shape index (κ3) is 4.24. The first-order chi connectivity index (χ1) is 15.1. The number of hydrogen-bond acceptors (Lipinski definition) is 5. The average Bonchev–Trinajstić information content (AvgIpc) is 3.54. The minimum Gasteiger partial charge on any atom is -0.497 e. The molecule has 1 aliphatic carbocycles. The van der Waals surface area contributed by atoms with E-state index < -0.39 is 0 Å². The Labute approximate surface area is 189 Å². The van der Waals surface area contributed by atoms with E-state index in [0.29, 0.717) is 28.8 Å². The maximum Gasteiger partial charge on any atom is 0.260 e. The monoisotopic (exact) mass is 451 g/mol. The standard InChI is InChI=1S/C24H22ClN3O2S/c1-30-17-10-6-15(7-11-17)12-28(16-8-9-16)13-21-26-23(29)22-19(14-31-24(22)27-21)18-4-2-3-5-20(18)25/h2-7,10-11,14,16H,8-9,12-13H2,1H3,(H,26,27,29). The summed E-state index contributed by atoms with van der Waals surface area (Å²) >= 11 is 7.85. The van der Waals surface area contributed by atoms with Gasteiger partial charge in [-0.05, 0) is 36.6 Å². The van der Waals surface area contributed by atoms with Crippen LogP contribution in [0, 0.1) is 0 Å². The van der Waals surface area contributed by atoms with Crippen molar-refractivity contribution in [1.82, 2.24) is 14.9 Å². The summed E-state index contributed by atoms with van der Waals surface area (Å²) in [6.45, 7) is 1.42. The lowest BCUT2D eigenvalue weighted by Gasteiger charge is -2.21. The predicted octanol–water partition coefficient (Wildman–Crippen LogP) is 5.48. The van der Waals surface area contributed by atoms with E-state index in [4.69, 9.17) is 21.3 Å². The smallest absolute Gasteiger partial charge is 0.260 e. The largest absolute Gasteiger partial charge is 0.497 e. The van der Waals surface area contributed by atoms with Crippen LogP contribution in [0.5, 0.6) is 5.75 Å². The van der Waals surface area contributed by atoms with Gasteiger partial charge in [0.15, 0.2) is 0 Å². The highest BCUT2D eigenvalue weighted by atomic mass is 35.5. The Balaban J connectivity index is 1.43. The number of methoxy groups -OCH3 is 1. The third-order valence-electron chi connectivity index (χ3n) is 5.62. The Morgan fingerprint density at radius 3 is 2.61 bits per heavy atom. The molecule has 2 aromatic heterocycles. The van der Waals surface area contributed by atoms with Crippen LogP contribution in [0.2, 0.25) is 5.02 Å². The molecule has 1 N–H and O–H groups in total. The van der Waals surface area contributed by atoms with Crippen LogP contribution in [0.15, 0.2) is 58.7 Å². The van der Waals surface area contributed by atoms with Crippen molar-refractivity contribution in [3.05, 3.63) is 80.7 Å². The van der Waals surface area contributed by atoms with Gasteiger partial charge in [-0.15, -0.1) is 11.3 Å². The van der Waals surface area contributed by atoms with Crippen molar-refractivity contribution < 1.29 is 4.74 Å². The Morgan fingerprint density at radius 2 is 1.90 bits per heavy atom. The molecule has 2 aromatic carbocycles. The van der Waals surface area contributed by atoms with Gasteiger partial charge in [0.1, 0.15) is 16.4 Å². The number of hydrogen-bond donors (Lipinski definition) is 1. The number of H-pyrrole nitrogens is 1. The molecule has 0 atom stereocenters. The fourth-order valence-electron chi connectivity index (χ4n) is 3.86. The van der Waals surface area contributed by atoms with Crippen LogP contribution in [0.25, 0.3) is 21.3 Å². The van der Waals surface area contributed by atoms with Crippen LogP contribution in [-0.2, 0) is 13.1 Å². The number of nitrogens with zero attached hydrogens (tertiary/aromatic N) is 2. The summed E-state index contributed by atoms with van der Waals surface area (Å²) in [6.07, 6.45) is 2.36. The first kappa shape index (κ1) is 20.2. The van der Waals surface area contributed by atoms with Gasteiger partial charge in [-0.25, -0.2) is 4.98 Å². The summed E-state index contributed by atoms with van der Waals surface area (Å²) in [4.78, 5) is 23.9. The van der Waals surface area contributed by atoms with Crippen LogP contribution >= 0.6 is 22.9 Å². The summed E-state index contributed by atoms with van der Waals surface area (Å²) in [5.74, 6) is 1.55. The lowest BCUT2D eigenvalue weighted by Crippen LogP contribution is -2.27. The number of halogens is 1. The maximum atomic E-state index is 13.0. The van der Waals surface area contributed by atoms with Gasteiger partial charge in [-0.2, -0.15) is 0 Å². The number of aromatic nitrogens is 2. The molecule has 1 aliphatic rings. The minimum absolute atomic E-state index is 0.114. The zero-order chi connectivity index (χ0) is 21.4. The van der Waals surface area contributed by atoms with Crippen LogP contribution < -0.4 is 10.3 Å². The molecule has 2 heterocycles. The van der Waals surface area contributed by atoms with Gasteiger partial charge in [0.2, 0.25) is 0 Å². The summed E-state index contributed by atoms with van der Waals surface area (Å²) < 4.78 is 5.25. The number of fused-ring (bicyclic) bond motifs is 1. The zero-order valence-corrected chi connectivity index (χ0v) is 18.7. The number of nitrogens with one attached hydrogen (secondary N) is 1. The van der Waals surface area contributed by atoms with E-state index in [2.05, 4.69) is 22.0 Å². The molecule has 0 aliphatic heterocycles. The van der Waals surface area contributed by atoms with Gasteiger partial charge in [0.25, 0.3) is 5.56 Å². The Hall–Kier alpha value is -2.67. The van der Waals surface area contributed by atoms with Gasteiger partial charge in [-0.3, -0.25) is 9.69 Å². The topological polar surface area (TPSA) is 58.2 Å². The highest BCUT2D eigenvalue weighted by Crippen LogP contribution is 2.35. The quantitative estimate of drug-likeness (QED) is 0.404. The molecular formula is C24H22ClN3O2S. The van der Waals surface area contributed by atoms with Crippen LogP contribution in [0.4, 0.5) is 0 Å². The highest BCUT2D eigenvalue weighted by molar-refractivity contribution is 7.17. The molecule has 0 spiro atoms. The van der Waals surface area contributed by atoms with Gasteiger partial charge >= 0.3 is 0 Å². The second-order valence-corrected chi connectivity index (χ2v) is 9.07. The Bertz CT molecular complexity index is 1280. The molecule has 0 amide bonds. The van der Waals surface area contributed by atoms with Crippen LogP contribution in [-0.4, -0.2) is 28.0 Å². The molecule has 7 heteroatoms. The molecule has 31 heavy (non-hydrogen) atoms. The highest BCUT2D eigenvalue weighted by Gasteiger charge is 2.29. The number of aromatic amines is 1. The van der Waals surface area contributed by atoms with E-state index in [1.165, 1.54) is 29.7 Å². The molecule has 4 aromatic rings. The second-order valence-electron chi connectivity index (χ2n) is 7.81. The van der Waals surface area contributed by atoms with Crippen LogP contribution in [0.3, 0.4) is 0 Å². The first-order valence-electron chi connectivity index (χ1n) is 10.2. The van der Waals surface area contributed by atoms with Gasteiger partial charge in [0.05, 0.1) is 19.0 Å². The molecule has 158 valence electrons. The SMILES string of the molecule is COc1ccc(CN(Cc2nc3scc(-c4ccccc4Cl)c3c(=O)[nH]2)C2CC2)cc1. The van der Waals surface area contributed by atoms with E-state index in [-0.39, 0.29) is 5.56 Å². The van der Waals surface area contributed by atoms with Crippen molar-refractivity contribution in [1.29, 1.82) is 0 Å². The number of ether oxygens (including phenoxy) is 1. The molecule has 0 unspecified atom stereocenters. The van der Waals surface area contributed by atoms with Crippen molar-refractivity contribution in [3.8, 4) is 16.9 Å². The van der Waals surface area contributed by atoms with E-state index in [0.717, 1.165) is 28.3 Å². The van der Waals surface area contributed by atoms with E-state index in [1.54, 1.807) is 7.11 Å². The summed E-state index contributed by atoms with van der Waals surface area (Å²) in [5, 5.41) is 3.20. The summed E-state index contributed by atoms with van der Waals surface area (Å²) in [7, 11) is 1.67. The molecule has 0 saturated heterocycles. The van der Waals surface area contributed by atoms with Gasteiger partial charge in [-0.1, -0.05) is 41.9 Å². The predicted molar refractivity (Wildman–Crippen MR) is 126 cm³/mol. The van der Waals surface area contributed by atoms with E-state index in [9.17, 15) is 4.79 Å². The summed E-state index contributed by atoms with van der Waals surface area (Å²) in [5.41, 5.74) is 2.79. The van der Waals surface area contributed by atoms with Crippen molar-refractivity contribution in [2.24, 2.45) is 0 Å². The molecule has 0 bridgehead atoms. The summed E-state index contributed by atoms with van der Waals surface area (Å²) in [6, 6.07) is 16.2. The number of rotatable bonds is 7. The molecule has 5 rings (SSSR count).